The first-order chi connectivity index (χ1) is 8.05. The summed E-state index contributed by atoms with van der Waals surface area (Å²) in [5, 5.41) is 2.55. The van der Waals surface area contributed by atoms with Crippen molar-refractivity contribution in [1.82, 2.24) is 5.32 Å². The average Bonchev–Trinajstić information content (AvgIpc) is 2.83. The van der Waals surface area contributed by atoms with Crippen LogP contribution in [0.1, 0.15) is 18.4 Å². The van der Waals surface area contributed by atoms with Crippen LogP contribution >= 0.6 is 0 Å². The first kappa shape index (κ1) is 12.4. The van der Waals surface area contributed by atoms with E-state index in [-0.39, 0.29) is 0 Å². The monoisotopic (exact) mass is 255 g/mol. The summed E-state index contributed by atoms with van der Waals surface area (Å²) in [7, 11) is -1.85. The Morgan fingerprint density at radius 3 is 2.76 bits per heavy atom. The van der Waals surface area contributed by atoms with E-state index < -0.39 is 15.2 Å². The van der Waals surface area contributed by atoms with Crippen molar-refractivity contribution in [2.45, 2.75) is 30.0 Å². The van der Waals surface area contributed by atoms with Crippen molar-refractivity contribution >= 4 is 9.84 Å². The van der Waals surface area contributed by atoms with Crippen LogP contribution in [0.25, 0.3) is 0 Å². The van der Waals surface area contributed by atoms with Crippen molar-refractivity contribution in [3.63, 3.8) is 0 Å². The van der Waals surface area contributed by atoms with Crippen molar-refractivity contribution in [3.05, 3.63) is 23.8 Å². The SMILES string of the molecule is COc1ccc(C)cc1S(=O)(=O)C1CCCN1. The second-order valence-electron chi connectivity index (χ2n) is 4.28. The summed E-state index contributed by atoms with van der Waals surface area (Å²) in [4.78, 5) is 0.291. The summed E-state index contributed by atoms with van der Waals surface area (Å²) in [5.41, 5.74) is 0.919. The number of methoxy groups -OCH3 is 1. The molecule has 94 valence electrons. The maximum Gasteiger partial charge on any atom is 0.197 e. The molecule has 0 bridgehead atoms. The van der Waals surface area contributed by atoms with Crippen LogP contribution in [0, 0.1) is 6.92 Å². The van der Waals surface area contributed by atoms with Gasteiger partial charge in [0.25, 0.3) is 0 Å². The molecule has 1 aliphatic rings. The number of hydrogen-bond donors (Lipinski definition) is 1. The van der Waals surface area contributed by atoms with E-state index in [1.54, 1.807) is 12.1 Å². The van der Waals surface area contributed by atoms with Crippen LogP contribution in [0.15, 0.2) is 23.1 Å². The van der Waals surface area contributed by atoms with E-state index in [1.807, 2.05) is 13.0 Å². The molecular weight excluding hydrogens is 238 g/mol. The van der Waals surface area contributed by atoms with Crippen LogP contribution in [0.5, 0.6) is 5.75 Å². The van der Waals surface area contributed by atoms with Gasteiger partial charge in [-0.1, -0.05) is 6.07 Å². The Morgan fingerprint density at radius 2 is 2.18 bits per heavy atom. The maximum atomic E-state index is 12.4. The van der Waals surface area contributed by atoms with Gasteiger partial charge in [0.2, 0.25) is 0 Å². The minimum atomic E-state index is -3.34. The van der Waals surface area contributed by atoms with Gasteiger partial charge in [0.1, 0.15) is 16.0 Å². The summed E-state index contributed by atoms with van der Waals surface area (Å²) in [6.45, 7) is 2.64. The van der Waals surface area contributed by atoms with E-state index in [2.05, 4.69) is 5.32 Å². The molecule has 0 aromatic heterocycles. The Balaban J connectivity index is 2.47. The molecule has 0 amide bonds. The molecule has 1 atom stereocenters. The molecule has 17 heavy (non-hydrogen) atoms. The van der Waals surface area contributed by atoms with Crippen molar-refractivity contribution in [3.8, 4) is 5.75 Å². The molecule has 1 aromatic rings. The Kier molecular flexibility index (Phi) is 3.40. The van der Waals surface area contributed by atoms with Gasteiger partial charge in [-0.15, -0.1) is 0 Å². The number of sulfone groups is 1. The lowest BCUT2D eigenvalue weighted by Crippen LogP contribution is -2.31. The third-order valence-electron chi connectivity index (χ3n) is 3.02. The molecule has 5 heteroatoms. The van der Waals surface area contributed by atoms with Crippen LogP contribution < -0.4 is 10.1 Å². The summed E-state index contributed by atoms with van der Waals surface area (Å²) in [5.74, 6) is 0.421. The molecule has 1 aliphatic heterocycles. The Labute approximate surface area is 102 Å². The smallest absolute Gasteiger partial charge is 0.197 e. The van der Waals surface area contributed by atoms with E-state index in [1.165, 1.54) is 7.11 Å². The zero-order valence-corrected chi connectivity index (χ0v) is 10.9. The fraction of sp³-hybridized carbons (Fsp3) is 0.500. The van der Waals surface area contributed by atoms with E-state index >= 15 is 0 Å². The average molecular weight is 255 g/mol. The molecular formula is C12H17NO3S. The zero-order chi connectivity index (χ0) is 12.5. The normalized spacial score (nSPS) is 20.5. The number of rotatable bonds is 3. The Hall–Kier alpha value is -1.07. The fourth-order valence-electron chi connectivity index (χ4n) is 2.08. The molecule has 1 saturated heterocycles. The van der Waals surface area contributed by atoms with Crippen LogP contribution in [-0.4, -0.2) is 27.4 Å². The van der Waals surface area contributed by atoms with Crippen molar-refractivity contribution in [2.75, 3.05) is 13.7 Å². The highest BCUT2D eigenvalue weighted by atomic mass is 32.2. The van der Waals surface area contributed by atoms with Crippen molar-refractivity contribution in [1.29, 1.82) is 0 Å². The van der Waals surface area contributed by atoms with Crippen LogP contribution in [0.3, 0.4) is 0 Å². The Morgan fingerprint density at radius 1 is 1.41 bits per heavy atom. The van der Waals surface area contributed by atoms with Gasteiger partial charge >= 0.3 is 0 Å². The lowest BCUT2D eigenvalue weighted by Gasteiger charge is -2.15. The minimum absolute atomic E-state index is 0.291. The minimum Gasteiger partial charge on any atom is -0.495 e. The maximum absolute atomic E-state index is 12.4. The highest BCUT2D eigenvalue weighted by Gasteiger charge is 2.32. The molecule has 4 nitrogen and oxygen atoms in total. The quantitative estimate of drug-likeness (QED) is 0.889. The first-order valence-electron chi connectivity index (χ1n) is 5.67. The largest absolute Gasteiger partial charge is 0.495 e. The van der Waals surface area contributed by atoms with Gasteiger partial charge < -0.3 is 10.1 Å². The third kappa shape index (κ3) is 2.30. The Bertz CT molecular complexity index is 504. The highest BCUT2D eigenvalue weighted by molar-refractivity contribution is 7.92. The molecule has 2 rings (SSSR count). The fourth-order valence-corrected chi connectivity index (χ4v) is 3.98. The molecule has 1 aromatic carbocycles. The van der Waals surface area contributed by atoms with E-state index in [9.17, 15) is 8.42 Å². The molecule has 1 heterocycles. The van der Waals surface area contributed by atoms with Crippen LogP contribution in [0.4, 0.5) is 0 Å². The standard InChI is InChI=1S/C12H17NO3S/c1-9-5-6-10(16-2)11(8-9)17(14,15)12-4-3-7-13-12/h5-6,8,12-13H,3-4,7H2,1-2H3. The van der Waals surface area contributed by atoms with E-state index in [0.29, 0.717) is 17.1 Å². The zero-order valence-electron chi connectivity index (χ0n) is 10.1. The number of nitrogens with one attached hydrogen (secondary N) is 1. The molecule has 1 N–H and O–H groups in total. The van der Waals surface area contributed by atoms with Crippen LogP contribution in [0.2, 0.25) is 0 Å². The number of aryl methyl sites for hydroxylation is 1. The van der Waals surface area contributed by atoms with Gasteiger partial charge in [-0.3, -0.25) is 0 Å². The summed E-state index contributed by atoms with van der Waals surface area (Å²) in [6.07, 6.45) is 1.57. The topological polar surface area (TPSA) is 55.4 Å². The molecule has 1 unspecified atom stereocenters. The van der Waals surface area contributed by atoms with Gasteiger partial charge in [0.05, 0.1) is 7.11 Å². The molecule has 0 aliphatic carbocycles. The van der Waals surface area contributed by atoms with Crippen molar-refractivity contribution < 1.29 is 13.2 Å². The van der Waals surface area contributed by atoms with E-state index in [4.69, 9.17) is 4.74 Å². The van der Waals surface area contributed by atoms with Gasteiger partial charge in [-0.05, 0) is 44.0 Å². The third-order valence-corrected chi connectivity index (χ3v) is 5.10. The molecule has 1 fully saturated rings. The van der Waals surface area contributed by atoms with Crippen LogP contribution in [-0.2, 0) is 9.84 Å². The molecule has 0 spiro atoms. The lowest BCUT2D eigenvalue weighted by molar-refractivity contribution is 0.402. The summed E-state index contributed by atoms with van der Waals surface area (Å²) in [6, 6.07) is 5.23. The van der Waals surface area contributed by atoms with Gasteiger partial charge in [-0.25, -0.2) is 8.42 Å². The van der Waals surface area contributed by atoms with Gasteiger partial charge in [0.15, 0.2) is 9.84 Å². The second kappa shape index (κ2) is 4.66. The predicted molar refractivity (Wildman–Crippen MR) is 65.9 cm³/mol. The highest BCUT2D eigenvalue weighted by Crippen LogP contribution is 2.29. The number of hydrogen-bond acceptors (Lipinski definition) is 4. The van der Waals surface area contributed by atoms with Gasteiger partial charge in [0, 0.05) is 0 Å². The molecule has 0 saturated carbocycles. The van der Waals surface area contributed by atoms with Gasteiger partial charge in [-0.2, -0.15) is 0 Å². The second-order valence-corrected chi connectivity index (χ2v) is 6.38. The molecule has 0 radical (unpaired) electrons. The summed E-state index contributed by atoms with van der Waals surface area (Å²) < 4.78 is 30.0. The lowest BCUT2D eigenvalue weighted by atomic mass is 10.2. The number of ether oxygens (including phenoxy) is 1. The first-order valence-corrected chi connectivity index (χ1v) is 7.22. The summed E-state index contributed by atoms with van der Waals surface area (Å²) >= 11 is 0. The predicted octanol–water partition coefficient (Wildman–Crippen LogP) is 1.49. The van der Waals surface area contributed by atoms with E-state index in [0.717, 1.165) is 18.5 Å². The van der Waals surface area contributed by atoms with Crippen molar-refractivity contribution in [2.24, 2.45) is 0 Å². The number of benzene rings is 1.